The maximum absolute atomic E-state index is 12.1. The minimum atomic E-state index is -0.751. The van der Waals surface area contributed by atoms with Gasteiger partial charge in [0.1, 0.15) is 0 Å². The van der Waals surface area contributed by atoms with Crippen LogP contribution in [0.5, 0.6) is 5.75 Å². The Balaban J connectivity index is 1.68. The molecule has 1 amide bonds. The van der Waals surface area contributed by atoms with Crippen LogP contribution in [-0.4, -0.2) is 17.0 Å². The number of benzene rings is 3. The van der Waals surface area contributed by atoms with Crippen LogP contribution in [0.2, 0.25) is 0 Å². The van der Waals surface area contributed by atoms with E-state index < -0.39 is 16.4 Å². The van der Waals surface area contributed by atoms with Gasteiger partial charge in [-0.2, -0.15) is 5.10 Å². The van der Waals surface area contributed by atoms with Gasteiger partial charge in [0.05, 0.1) is 17.6 Å². The minimum Gasteiger partial charge on any atom is -0.868 e. The highest BCUT2D eigenvalue weighted by Crippen LogP contribution is 2.23. The molecule has 0 radical (unpaired) electrons. The normalized spacial score (nSPS) is 10.9. The van der Waals surface area contributed by atoms with Gasteiger partial charge in [-0.3, -0.25) is 14.9 Å². The van der Waals surface area contributed by atoms with Crippen molar-refractivity contribution in [3.63, 3.8) is 0 Å². The van der Waals surface area contributed by atoms with Crippen LogP contribution in [0.1, 0.15) is 11.1 Å². The minimum absolute atomic E-state index is 0.151. The van der Waals surface area contributed by atoms with Gasteiger partial charge in [-0.15, -0.1) is 0 Å². The van der Waals surface area contributed by atoms with Crippen LogP contribution in [-0.2, 0) is 11.2 Å². The lowest BCUT2D eigenvalue weighted by molar-refractivity contribution is -0.398. The largest absolute Gasteiger partial charge is 0.868 e. The Labute approximate surface area is 148 Å². The first kappa shape index (κ1) is 17.1. The van der Waals surface area contributed by atoms with Gasteiger partial charge >= 0.3 is 0 Å². The third-order valence-corrected chi connectivity index (χ3v) is 3.81. The highest BCUT2D eigenvalue weighted by atomic mass is 16.6. The Hall–Kier alpha value is -3.74. The first-order valence-electron chi connectivity index (χ1n) is 7.78. The van der Waals surface area contributed by atoms with Crippen molar-refractivity contribution in [2.45, 2.75) is 6.42 Å². The molecule has 0 unspecified atom stereocenters. The number of hydrazone groups is 1. The summed E-state index contributed by atoms with van der Waals surface area (Å²) in [6.07, 6.45) is 1.41. The Morgan fingerprint density at radius 2 is 1.88 bits per heavy atom. The van der Waals surface area contributed by atoms with Gasteiger partial charge in [0.25, 0.3) is 5.69 Å². The number of hydrogen-bond acceptors (Lipinski definition) is 5. The summed E-state index contributed by atoms with van der Waals surface area (Å²) in [6.45, 7) is 0. The van der Waals surface area contributed by atoms with Crippen LogP contribution in [0.15, 0.2) is 65.8 Å². The second-order valence-electron chi connectivity index (χ2n) is 5.59. The molecule has 26 heavy (non-hydrogen) atoms. The van der Waals surface area contributed by atoms with E-state index in [-0.39, 0.29) is 12.3 Å². The van der Waals surface area contributed by atoms with E-state index in [1.165, 1.54) is 12.3 Å². The molecule has 0 saturated carbocycles. The van der Waals surface area contributed by atoms with Crippen LogP contribution in [0.25, 0.3) is 10.8 Å². The lowest BCUT2D eigenvalue weighted by Crippen LogP contribution is -2.19. The smallest absolute Gasteiger partial charge is 0.262 e. The van der Waals surface area contributed by atoms with Gasteiger partial charge in [-0.05, 0) is 22.1 Å². The Morgan fingerprint density at radius 1 is 1.12 bits per heavy atom. The summed E-state index contributed by atoms with van der Waals surface area (Å²) < 4.78 is 0. The summed E-state index contributed by atoms with van der Waals surface area (Å²) in [5.74, 6) is -0.986. The van der Waals surface area contributed by atoms with E-state index in [2.05, 4.69) is 10.5 Å². The Morgan fingerprint density at radius 3 is 2.69 bits per heavy atom. The molecule has 0 bridgehead atoms. The van der Waals surface area contributed by atoms with Crippen molar-refractivity contribution in [2.24, 2.45) is 5.10 Å². The summed E-state index contributed by atoms with van der Waals surface area (Å²) in [7, 11) is 0. The molecule has 3 aromatic rings. The number of carbonyl (C=O) groups is 1. The topological polar surface area (TPSA) is 108 Å². The van der Waals surface area contributed by atoms with E-state index in [0.29, 0.717) is 5.56 Å². The molecule has 1 N–H and O–H groups in total. The van der Waals surface area contributed by atoms with Crippen molar-refractivity contribution in [3.05, 3.63) is 81.9 Å². The first-order valence-corrected chi connectivity index (χ1v) is 7.78. The highest BCUT2D eigenvalue weighted by Gasteiger charge is 2.08. The molecular formula is C19H14N3O4-. The molecule has 3 aromatic carbocycles. The maximum Gasteiger partial charge on any atom is 0.262 e. The van der Waals surface area contributed by atoms with Gasteiger partial charge < -0.3 is 5.11 Å². The third kappa shape index (κ3) is 3.84. The number of rotatable bonds is 5. The molecule has 0 aliphatic carbocycles. The molecule has 7 nitrogen and oxygen atoms in total. The highest BCUT2D eigenvalue weighted by molar-refractivity contribution is 5.90. The van der Waals surface area contributed by atoms with Gasteiger partial charge in [-0.25, -0.2) is 5.43 Å². The molecule has 0 spiro atoms. The summed E-state index contributed by atoms with van der Waals surface area (Å²) in [4.78, 5) is 22.1. The van der Waals surface area contributed by atoms with Crippen LogP contribution in [0, 0.1) is 10.1 Å². The standard InChI is InChI=1S/C19H15N3O4/c23-18-9-8-13(10-17(18)22(25)26)12-20-21-19(24)11-15-6-3-5-14-4-1-2-7-16(14)15/h1-10,12,23H,11H2,(H,21,24)/p-1/b20-12-. The summed E-state index contributed by atoms with van der Waals surface area (Å²) in [5.41, 5.74) is 3.08. The molecule has 0 aliphatic rings. The zero-order chi connectivity index (χ0) is 18.5. The lowest BCUT2D eigenvalue weighted by Gasteiger charge is -2.06. The summed E-state index contributed by atoms with van der Waals surface area (Å²) >= 11 is 0. The zero-order valence-electron chi connectivity index (χ0n) is 13.6. The molecule has 0 aliphatic heterocycles. The number of nitro benzene ring substituents is 1. The van der Waals surface area contributed by atoms with Crippen molar-refractivity contribution in [1.82, 2.24) is 5.43 Å². The predicted octanol–water partition coefficient (Wildman–Crippen LogP) is 2.51. The van der Waals surface area contributed by atoms with Crippen LogP contribution < -0.4 is 10.5 Å². The summed E-state index contributed by atoms with van der Waals surface area (Å²) in [5, 5.41) is 27.9. The predicted molar refractivity (Wildman–Crippen MR) is 95.9 cm³/mol. The van der Waals surface area contributed by atoms with E-state index >= 15 is 0 Å². The Bertz CT molecular complexity index is 1010. The van der Waals surface area contributed by atoms with Crippen LogP contribution in [0.4, 0.5) is 5.69 Å². The number of fused-ring (bicyclic) bond motifs is 1. The Kier molecular flexibility index (Phi) is 4.89. The number of nitrogens with one attached hydrogen (secondary N) is 1. The molecule has 7 heteroatoms. The summed E-state index contributed by atoms with van der Waals surface area (Å²) in [6, 6.07) is 17.1. The fourth-order valence-corrected chi connectivity index (χ4v) is 2.60. The van der Waals surface area contributed by atoms with Crippen molar-refractivity contribution >= 4 is 28.6 Å². The molecule has 3 rings (SSSR count). The van der Waals surface area contributed by atoms with E-state index in [1.807, 2.05) is 42.5 Å². The van der Waals surface area contributed by atoms with E-state index in [9.17, 15) is 20.0 Å². The van der Waals surface area contributed by atoms with Crippen LogP contribution >= 0.6 is 0 Å². The molecule has 0 aromatic heterocycles. The van der Waals surface area contributed by atoms with Crippen molar-refractivity contribution in [3.8, 4) is 5.75 Å². The van der Waals surface area contributed by atoms with E-state index in [0.717, 1.165) is 28.5 Å². The van der Waals surface area contributed by atoms with Crippen molar-refractivity contribution in [2.75, 3.05) is 0 Å². The zero-order valence-corrected chi connectivity index (χ0v) is 13.6. The molecular weight excluding hydrogens is 334 g/mol. The van der Waals surface area contributed by atoms with Gasteiger partial charge in [0, 0.05) is 11.6 Å². The average molecular weight is 348 g/mol. The lowest BCUT2D eigenvalue weighted by atomic mass is 10.0. The molecule has 0 saturated heterocycles. The van der Waals surface area contributed by atoms with Gasteiger partial charge in [0.2, 0.25) is 5.91 Å². The third-order valence-electron chi connectivity index (χ3n) is 3.81. The maximum atomic E-state index is 12.1. The quantitative estimate of drug-likeness (QED) is 0.434. The number of amides is 1. The second kappa shape index (κ2) is 7.43. The molecule has 0 heterocycles. The van der Waals surface area contributed by atoms with Crippen molar-refractivity contribution < 1.29 is 14.8 Å². The number of carbonyl (C=O) groups excluding carboxylic acids is 1. The SMILES string of the molecule is O=C(Cc1cccc2ccccc12)N/N=C\c1ccc([O-])c([N+](=O)[O-])c1. The average Bonchev–Trinajstić information content (AvgIpc) is 2.63. The molecule has 130 valence electrons. The van der Waals surface area contributed by atoms with E-state index in [1.54, 1.807) is 0 Å². The fourth-order valence-electron chi connectivity index (χ4n) is 2.60. The van der Waals surface area contributed by atoms with Gasteiger partial charge in [0.15, 0.2) is 0 Å². The van der Waals surface area contributed by atoms with Gasteiger partial charge in [-0.1, -0.05) is 54.6 Å². The first-order chi connectivity index (χ1) is 12.5. The second-order valence-corrected chi connectivity index (χ2v) is 5.59. The van der Waals surface area contributed by atoms with Crippen LogP contribution in [0.3, 0.4) is 0 Å². The van der Waals surface area contributed by atoms with E-state index in [4.69, 9.17) is 0 Å². The fraction of sp³-hybridized carbons (Fsp3) is 0.0526. The van der Waals surface area contributed by atoms with Crippen molar-refractivity contribution in [1.29, 1.82) is 0 Å². The molecule has 0 atom stereocenters. The number of hydrogen-bond donors (Lipinski definition) is 1. The molecule has 0 fully saturated rings. The monoisotopic (exact) mass is 348 g/mol. The number of nitrogens with zero attached hydrogens (tertiary/aromatic N) is 2. The number of nitro groups is 1.